The van der Waals surface area contributed by atoms with Gasteiger partial charge in [-0.25, -0.2) is 0 Å². The molecule has 1 amide bonds. The van der Waals surface area contributed by atoms with E-state index in [4.69, 9.17) is 4.74 Å². The first-order valence-corrected chi connectivity index (χ1v) is 8.75. The van der Waals surface area contributed by atoms with Gasteiger partial charge in [0.15, 0.2) is 0 Å². The van der Waals surface area contributed by atoms with Crippen LogP contribution < -0.4 is 10.6 Å². The minimum atomic E-state index is -0.410. The lowest BCUT2D eigenvalue weighted by molar-refractivity contribution is -0.136. The van der Waals surface area contributed by atoms with Gasteiger partial charge in [-0.2, -0.15) is 5.10 Å². The molecule has 26 heavy (non-hydrogen) atoms. The SMILES string of the molecule is COCC1(C(=O)NCc2cccc(Cn3cccn3)c2)CCNCC1.Cl. The van der Waals surface area contributed by atoms with Crippen LogP contribution in [0.1, 0.15) is 24.0 Å². The van der Waals surface area contributed by atoms with Crippen LogP contribution in [0.25, 0.3) is 0 Å². The summed E-state index contributed by atoms with van der Waals surface area (Å²) < 4.78 is 7.23. The van der Waals surface area contributed by atoms with E-state index in [2.05, 4.69) is 27.9 Å². The second-order valence-electron chi connectivity index (χ2n) is 6.67. The van der Waals surface area contributed by atoms with Gasteiger partial charge in [-0.1, -0.05) is 24.3 Å². The molecule has 7 heteroatoms. The molecule has 0 unspecified atom stereocenters. The highest BCUT2D eigenvalue weighted by molar-refractivity contribution is 5.85. The van der Waals surface area contributed by atoms with Crippen molar-refractivity contribution in [3.63, 3.8) is 0 Å². The standard InChI is InChI=1S/C19H26N4O2.ClH/c1-25-15-19(6-9-20-10-7-19)18(24)21-13-16-4-2-5-17(12-16)14-23-11-3-8-22-23;/h2-5,8,11-12,20H,6-7,9-10,13-15H2,1H3,(H,21,24);1H. The van der Waals surface area contributed by atoms with Crippen molar-refractivity contribution in [3.05, 3.63) is 53.9 Å². The number of halogens is 1. The van der Waals surface area contributed by atoms with Crippen molar-refractivity contribution in [2.24, 2.45) is 5.41 Å². The third-order valence-corrected chi connectivity index (χ3v) is 4.81. The molecule has 0 saturated carbocycles. The van der Waals surface area contributed by atoms with Gasteiger partial charge in [-0.05, 0) is 43.1 Å². The van der Waals surface area contributed by atoms with Crippen LogP contribution in [0.15, 0.2) is 42.7 Å². The van der Waals surface area contributed by atoms with Crippen LogP contribution in [0.3, 0.4) is 0 Å². The van der Waals surface area contributed by atoms with Gasteiger partial charge in [0.2, 0.25) is 5.91 Å². The summed E-state index contributed by atoms with van der Waals surface area (Å²) >= 11 is 0. The lowest BCUT2D eigenvalue weighted by Crippen LogP contribution is -2.49. The zero-order chi connectivity index (χ0) is 17.5. The van der Waals surface area contributed by atoms with E-state index >= 15 is 0 Å². The number of ether oxygens (including phenoxy) is 1. The summed E-state index contributed by atoms with van der Waals surface area (Å²) in [5, 5.41) is 10.7. The van der Waals surface area contributed by atoms with E-state index in [1.807, 2.05) is 29.1 Å². The summed E-state index contributed by atoms with van der Waals surface area (Å²) in [6.45, 7) is 3.45. The monoisotopic (exact) mass is 378 g/mol. The van der Waals surface area contributed by atoms with E-state index in [9.17, 15) is 4.79 Å². The van der Waals surface area contributed by atoms with Crippen LogP contribution >= 0.6 is 12.4 Å². The molecule has 0 atom stereocenters. The highest BCUT2D eigenvalue weighted by atomic mass is 35.5. The van der Waals surface area contributed by atoms with Gasteiger partial charge < -0.3 is 15.4 Å². The number of carbonyl (C=O) groups excluding carboxylic acids is 1. The summed E-state index contributed by atoms with van der Waals surface area (Å²) in [6, 6.07) is 10.2. The van der Waals surface area contributed by atoms with Crippen molar-refractivity contribution in [1.82, 2.24) is 20.4 Å². The Labute approximate surface area is 160 Å². The summed E-state index contributed by atoms with van der Waals surface area (Å²) in [6.07, 6.45) is 5.34. The number of rotatable bonds is 7. The number of hydrogen-bond acceptors (Lipinski definition) is 4. The van der Waals surface area contributed by atoms with Gasteiger partial charge in [-0.15, -0.1) is 12.4 Å². The molecule has 1 aromatic carbocycles. The fraction of sp³-hybridized carbons (Fsp3) is 0.474. The molecule has 2 aromatic rings. The average Bonchev–Trinajstić information content (AvgIpc) is 3.14. The molecule has 6 nitrogen and oxygen atoms in total. The van der Waals surface area contributed by atoms with Crippen LogP contribution in [-0.2, 0) is 22.6 Å². The smallest absolute Gasteiger partial charge is 0.228 e. The van der Waals surface area contributed by atoms with Crippen molar-refractivity contribution < 1.29 is 9.53 Å². The van der Waals surface area contributed by atoms with Gasteiger partial charge in [0.25, 0.3) is 0 Å². The Morgan fingerprint density at radius 2 is 2.08 bits per heavy atom. The van der Waals surface area contributed by atoms with E-state index < -0.39 is 5.41 Å². The number of nitrogens with zero attached hydrogens (tertiary/aromatic N) is 2. The molecular formula is C19H27ClN4O2. The van der Waals surface area contributed by atoms with E-state index in [1.54, 1.807) is 13.3 Å². The Morgan fingerprint density at radius 1 is 1.31 bits per heavy atom. The topological polar surface area (TPSA) is 68.2 Å². The van der Waals surface area contributed by atoms with E-state index in [-0.39, 0.29) is 18.3 Å². The van der Waals surface area contributed by atoms with Crippen molar-refractivity contribution in [3.8, 4) is 0 Å². The molecule has 1 saturated heterocycles. The molecule has 1 fully saturated rings. The van der Waals surface area contributed by atoms with Gasteiger partial charge in [0.05, 0.1) is 18.6 Å². The van der Waals surface area contributed by atoms with Gasteiger partial charge >= 0.3 is 0 Å². The minimum absolute atomic E-state index is 0. The second-order valence-corrected chi connectivity index (χ2v) is 6.67. The van der Waals surface area contributed by atoms with E-state index in [0.29, 0.717) is 13.2 Å². The highest BCUT2D eigenvalue weighted by Crippen LogP contribution is 2.29. The number of aromatic nitrogens is 2. The Bertz CT molecular complexity index is 679. The number of amides is 1. The maximum Gasteiger partial charge on any atom is 0.228 e. The zero-order valence-corrected chi connectivity index (χ0v) is 15.9. The Hall–Kier alpha value is -1.89. The third-order valence-electron chi connectivity index (χ3n) is 4.81. The maximum atomic E-state index is 12.8. The average molecular weight is 379 g/mol. The molecule has 2 heterocycles. The Kier molecular flexibility index (Phi) is 7.63. The summed E-state index contributed by atoms with van der Waals surface area (Å²) in [7, 11) is 1.66. The molecule has 1 aliphatic rings. The molecular weight excluding hydrogens is 352 g/mol. The summed E-state index contributed by atoms with van der Waals surface area (Å²) in [5.41, 5.74) is 1.86. The molecule has 1 aliphatic heterocycles. The van der Waals surface area contributed by atoms with Crippen molar-refractivity contribution in [2.45, 2.75) is 25.9 Å². The molecule has 3 rings (SSSR count). The van der Waals surface area contributed by atoms with Crippen LogP contribution in [0.5, 0.6) is 0 Å². The number of hydrogen-bond donors (Lipinski definition) is 2. The molecule has 0 spiro atoms. The lowest BCUT2D eigenvalue weighted by atomic mass is 9.78. The number of nitrogens with one attached hydrogen (secondary N) is 2. The predicted octanol–water partition coefficient (Wildman–Crippen LogP) is 1.99. The van der Waals surface area contributed by atoms with E-state index in [1.165, 1.54) is 5.56 Å². The fourth-order valence-electron chi connectivity index (χ4n) is 3.41. The molecule has 0 aliphatic carbocycles. The molecule has 0 radical (unpaired) electrons. The van der Waals surface area contributed by atoms with Gasteiger partial charge in [-0.3, -0.25) is 9.48 Å². The third kappa shape index (κ3) is 5.06. The lowest BCUT2D eigenvalue weighted by Gasteiger charge is -2.35. The molecule has 142 valence electrons. The van der Waals surface area contributed by atoms with Crippen LogP contribution in [0.4, 0.5) is 0 Å². The largest absolute Gasteiger partial charge is 0.384 e. The van der Waals surface area contributed by atoms with Gasteiger partial charge in [0, 0.05) is 26.0 Å². The van der Waals surface area contributed by atoms with Crippen molar-refractivity contribution >= 4 is 18.3 Å². The van der Waals surface area contributed by atoms with Crippen LogP contribution in [0.2, 0.25) is 0 Å². The molecule has 2 N–H and O–H groups in total. The maximum absolute atomic E-state index is 12.8. The Balaban J connectivity index is 0.00000243. The molecule has 0 bridgehead atoms. The first kappa shape index (κ1) is 20.4. The van der Waals surface area contributed by atoms with Crippen LogP contribution in [0, 0.1) is 5.41 Å². The molecule has 1 aromatic heterocycles. The number of piperidine rings is 1. The highest BCUT2D eigenvalue weighted by Gasteiger charge is 2.39. The number of benzene rings is 1. The van der Waals surface area contributed by atoms with E-state index in [0.717, 1.165) is 38.0 Å². The Morgan fingerprint density at radius 3 is 2.77 bits per heavy atom. The normalized spacial score (nSPS) is 15.9. The number of carbonyl (C=O) groups is 1. The summed E-state index contributed by atoms with van der Waals surface area (Å²) in [4.78, 5) is 12.8. The zero-order valence-electron chi connectivity index (χ0n) is 15.1. The quantitative estimate of drug-likeness (QED) is 0.773. The van der Waals surface area contributed by atoms with Crippen molar-refractivity contribution in [1.29, 1.82) is 0 Å². The summed E-state index contributed by atoms with van der Waals surface area (Å²) in [5.74, 6) is 0.0910. The fourth-order valence-corrected chi connectivity index (χ4v) is 3.41. The second kappa shape index (κ2) is 9.71. The predicted molar refractivity (Wildman–Crippen MR) is 103 cm³/mol. The van der Waals surface area contributed by atoms with Gasteiger partial charge in [0.1, 0.15) is 0 Å². The first-order valence-electron chi connectivity index (χ1n) is 8.75. The van der Waals surface area contributed by atoms with Crippen LogP contribution in [-0.4, -0.2) is 42.5 Å². The first-order chi connectivity index (χ1) is 12.2. The number of methoxy groups -OCH3 is 1. The van der Waals surface area contributed by atoms with Crippen molar-refractivity contribution in [2.75, 3.05) is 26.8 Å². The minimum Gasteiger partial charge on any atom is -0.384 e.